The molecule has 0 aliphatic carbocycles. The van der Waals surface area contributed by atoms with E-state index in [2.05, 4.69) is 10.1 Å². The van der Waals surface area contributed by atoms with Gasteiger partial charge in [0.2, 0.25) is 5.91 Å². The second-order valence-corrected chi connectivity index (χ2v) is 3.29. The highest BCUT2D eigenvalue weighted by Gasteiger charge is 2.08. The highest BCUT2D eigenvalue weighted by molar-refractivity contribution is 5.77. The van der Waals surface area contributed by atoms with Gasteiger partial charge in [-0.2, -0.15) is 8.78 Å². The van der Waals surface area contributed by atoms with Gasteiger partial charge in [-0.05, 0) is 18.1 Å². The minimum absolute atomic E-state index is 0.0881. The van der Waals surface area contributed by atoms with Crippen LogP contribution in [0.25, 0.3) is 0 Å². The van der Waals surface area contributed by atoms with E-state index in [-0.39, 0.29) is 18.2 Å². The van der Waals surface area contributed by atoms with Gasteiger partial charge in [-0.1, -0.05) is 18.2 Å². The number of ether oxygens (including phenoxy) is 1. The monoisotopic (exact) mass is 244 g/mol. The second kappa shape index (κ2) is 6.80. The largest absolute Gasteiger partial charge is 0.435 e. The lowest BCUT2D eigenvalue weighted by Gasteiger charge is -2.10. The number of halogens is 2. The molecule has 0 saturated heterocycles. The molecule has 0 atom stereocenters. The number of carbonyl (C=O) groups is 1. The van der Waals surface area contributed by atoms with Crippen LogP contribution >= 0.6 is 0 Å². The van der Waals surface area contributed by atoms with Gasteiger partial charge in [0.05, 0.1) is 6.54 Å². The summed E-state index contributed by atoms with van der Waals surface area (Å²) in [6.07, 6.45) is 0.411. The third-order valence-corrected chi connectivity index (χ3v) is 2.09. The fourth-order valence-corrected chi connectivity index (χ4v) is 1.33. The first-order valence-corrected chi connectivity index (χ1v) is 5.13. The summed E-state index contributed by atoms with van der Waals surface area (Å²) < 4.78 is 28.6. The van der Waals surface area contributed by atoms with Crippen molar-refractivity contribution >= 4 is 5.91 Å². The van der Waals surface area contributed by atoms with E-state index in [9.17, 15) is 13.6 Å². The van der Waals surface area contributed by atoms with Crippen molar-refractivity contribution in [2.75, 3.05) is 13.1 Å². The Balaban J connectivity index is 2.54. The Morgan fingerprint density at radius 3 is 2.76 bits per heavy atom. The molecule has 0 aromatic heterocycles. The van der Waals surface area contributed by atoms with Crippen LogP contribution in [-0.2, 0) is 11.2 Å². The second-order valence-electron chi connectivity index (χ2n) is 3.29. The summed E-state index contributed by atoms with van der Waals surface area (Å²) in [7, 11) is 0. The Kier molecular flexibility index (Phi) is 5.35. The van der Waals surface area contributed by atoms with Crippen LogP contribution in [0.5, 0.6) is 5.75 Å². The van der Waals surface area contributed by atoms with Crippen molar-refractivity contribution in [1.82, 2.24) is 5.32 Å². The van der Waals surface area contributed by atoms with Gasteiger partial charge in [-0.3, -0.25) is 4.79 Å². The maximum atomic E-state index is 12.1. The minimum Gasteiger partial charge on any atom is -0.435 e. The van der Waals surface area contributed by atoms with Crippen molar-refractivity contribution < 1.29 is 18.3 Å². The number of hydrogen-bond donors (Lipinski definition) is 2. The molecule has 0 aliphatic heterocycles. The van der Waals surface area contributed by atoms with Crippen LogP contribution < -0.4 is 15.8 Å². The molecule has 17 heavy (non-hydrogen) atoms. The molecule has 0 spiro atoms. The van der Waals surface area contributed by atoms with Gasteiger partial charge in [0.1, 0.15) is 5.75 Å². The predicted molar refractivity (Wildman–Crippen MR) is 58.8 cm³/mol. The lowest BCUT2D eigenvalue weighted by Crippen LogP contribution is -2.31. The van der Waals surface area contributed by atoms with E-state index in [0.29, 0.717) is 18.5 Å². The maximum absolute atomic E-state index is 12.1. The molecule has 0 unspecified atom stereocenters. The molecule has 3 N–H and O–H groups in total. The van der Waals surface area contributed by atoms with Gasteiger partial charge < -0.3 is 15.8 Å². The lowest BCUT2D eigenvalue weighted by atomic mass is 10.1. The van der Waals surface area contributed by atoms with Gasteiger partial charge in [0.25, 0.3) is 0 Å². The Bertz CT molecular complexity index is 372. The van der Waals surface area contributed by atoms with E-state index < -0.39 is 6.61 Å². The fraction of sp³-hybridized carbons (Fsp3) is 0.364. The zero-order chi connectivity index (χ0) is 12.7. The van der Waals surface area contributed by atoms with Gasteiger partial charge >= 0.3 is 6.61 Å². The average molecular weight is 244 g/mol. The molecule has 0 aliphatic rings. The molecule has 94 valence electrons. The molecule has 1 aromatic carbocycles. The number of nitrogens with one attached hydrogen (secondary N) is 1. The summed E-state index contributed by atoms with van der Waals surface area (Å²) in [5, 5.41) is 2.55. The summed E-state index contributed by atoms with van der Waals surface area (Å²) >= 11 is 0. The quantitative estimate of drug-likeness (QED) is 0.781. The van der Waals surface area contributed by atoms with Crippen molar-refractivity contribution in [2.24, 2.45) is 5.73 Å². The maximum Gasteiger partial charge on any atom is 0.387 e. The first kappa shape index (κ1) is 13.4. The van der Waals surface area contributed by atoms with Crippen molar-refractivity contribution in [2.45, 2.75) is 13.0 Å². The molecule has 0 bridgehead atoms. The first-order chi connectivity index (χ1) is 8.13. The smallest absolute Gasteiger partial charge is 0.387 e. The highest BCUT2D eigenvalue weighted by Crippen LogP contribution is 2.20. The molecular weight excluding hydrogens is 230 g/mol. The van der Waals surface area contributed by atoms with Crippen LogP contribution in [0.4, 0.5) is 8.78 Å². The summed E-state index contributed by atoms with van der Waals surface area (Å²) in [5.41, 5.74) is 5.73. The van der Waals surface area contributed by atoms with Crippen LogP contribution in [0.1, 0.15) is 5.56 Å². The van der Waals surface area contributed by atoms with E-state index in [1.807, 2.05) is 0 Å². The van der Waals surface area contributed by atoms with E-state index in [1.165, 1.54) is 6.07 Å². The highest BCUT2D eigenvalue weighted by atomic mass is 19.3. The van der Waals surface area contributed by atoms with E-state index in [4.69, 9.17) is 5.73 Å². The number of hydrogen-bond acceptors (Lipinski definition) is 3. The van der Waals surface area contributed by atoms with E-state index in [0.717, 1.165) is 0 Å². The normalized spacial score (nSPS) is 10.4. The summed E-state index contributed by atoms with van der Waals surface area (Å²) in [5.74, 6) is -0.151. The van der Waals surface area contributed by atoms with Gasteiger partial charge in [0.15, 0.2) is 0 Å². The van der Waals surface area contributed by atoms with Crippen molar-refractivity contribution in [3.63, 3.8) is 0 Å². The molecule has 0 saturated carbocycles. The Morgan fingerprint density at radius 2 is 2.12 bits per heavy atom. The molecule has 4 nitrogen and oxygen atoms in total. The van der Waals surface area contributed by atoms with Crippen LogP contribution in [0, 0.1) is 0 Å². The Labute approximate surface area is 97.8 Å². The summed E-state index contributed by atoms with van der Waals surface area (Å²) in [4.78, 5) is 10.9. The van der Waals surface area contributed by atoms with Crippen LogP contribution in [0.3, 0.4) is 0 Å². The Morgan fingerprint density at radius 1 is 1.41 bits per heavy atom. The zero-order valence-electron chi connectivity index (χ0n) is 9.16. The van der Waals surface area contributed by atoms with Gasteiger partial charge in [-0.15, -0.1) is 0 Å². The molecule has 0 fully saturated rings. The zero-order valence-corrected chi connectivity index (χ0v) is 9.16. The SMILES string of the molecule is NCC(=O)NCCc1ccccc1OC(F)F. The number of benzene rings is 1. The van der Waals surface area contributed by atoms with Crippen molar-refractivity contribution in [3.8, 4) is 5.75 Å². The lowest BCUT2D eigenvalue weighted by molar-refractivity contribution is -0.119. The summed E-state index contributed by atoms with van der Waals surface area (Å²) in [6, 6.07) is 6.47. The molecule has 0 heterocycles. The third-order valence-electron chi connectivity index (χ3n) is 2.09. The average Bonchev–Trinajstić information content (AvgIpc) is 2.30. The molecular formula is C11H14F2N2O2. The Hall–Kier alpha value is -1.69. The van der Waals surface area contributed by atoms with Crippen molar-refractivity contribution in [3.05, 3.63) is 29.8 Å². The van der Waals surface area contributed by atoms with E-state index in [1.54, 1.807) is 18.2 Å². The number of carbonyl (C=O) groups excluding carboxylic acids is 1. The topological polar surface area (TPSA) is 64.4 Å². The molecule has 0 radical (unpaired) electrons. The van der Waals surface area contributed by atoms with Crippen molar-refractivity contribution in [1.29, 1.82) is 0 Å². The van der Waals surface area contributed by atoms with Crippen LogP contribution in [0.2, 0.25) is 0 Å². The third kappa shape index (κ3) is 4.78. The van der Waals surface area contributed by atoms with Crippen LogP contribution in [0.15, 0.2) is 24.3 Å². The number of rotatable bonds is 6. The standard InChI is InChI=1S/C11H14F2N2O2/c12-11(13)17-9-4-2-1-3-8(9)5-6-15-10(16)7-14/h1-4,11H,5-7,14H2,(H,15,16). The molecule has 1 amide bonds. The van der Waals surface area contributed by atoms with Crippen LogP contribution in [-0.4, -0.2) is 25.6 Å². The molecule has 6 heteroatoms. The van der Waals surface area contributed by atoms with Gasteiger partial charge in [0, 0.05) is 6.54 Å². The number of para-hydroxylation sites is 1. The number of nitrogens with two attached hydrogens (primary N) is 1. The molecule has 1 aromatic rings. The van der Waals surface area contributed by atoms with Gasteiger partial charge in [-0.25, -0.2) is 0 Å². The number of amides is 1. The predicted octanol–water partition coefficient (Wildman–Crippen LogP) is 0.905. The fourth-order valence-electron chi connectivity index (χ4n) is 1.33. The summed E-state index contributed by atoms with van der Waals surface area (Å²) in [6.45, 7) is -2.61. The minimum atomic E-state index is -2.85. The number of alkyl halides is 2. The van der Waals surface area contributed by atoms with E-state index >= 15 is 0 Å². The first-order valence-electron chi connectivity index (χ1n) is 5.13. The molecule has 1 rings (SSSR count).